The molecule has 3 N–H and O–H groups in total. The van der Waals surface area contributed by atoms with Crippen LogP contribution in [-0.4, -0.2) is 49.1 Å². The van der Waals surface area contributed by atoms with Gasteiger partial charge in [-0.2, -0.15) is 0 Å². The van der Waals surface area contributed by atoms with Gasteiger partial charge in [-0.1, -0.05) is 6.92 Å². The number of hydrogen-bond acceptors (Lipinski definition) is 3. The Balaban J connectivity index is 1.41. The zero-order valence-electron chi connectivity index (χ0n) is 14.4. The average molecular weight is 348 g/mol. The van der Waals surface area contributed by atoms with Gasteiger partial charge in [0.1, 0.15) is 5.82 Å². The normalized spacial score (nSPS) is 19.8. The molecule has 2 aliphatic rings. The van der Waals surface area contributed by atoms with E-state index in [0.717, 1.165) is 25.9 Å². The van der Waals surface area contributed by atoms with E-state index in [2.05, 4.69) is 16.0 Å². The van der Waals surface area contributed by atoms with Crippen molar-refractivity contribution in [2.75, 3.05) is 31.5 Å². The van der Waals surface area contributed by atoms with Crippen molar-refractivity contribution in [1.29, 1.82) is 0 Å². The first-order valence-corrected chi connectivity index (χ1v) is 8.85. The predicted molar refractivity (Wildman–Crippen MR) is 93.7 cm³/mol. The zero-order chi connectivity index (χ0) is 17.8. The Kier molecular flexibility index (Phi) is 5.53. The molecule has 2 aliphatic heterocycles. The number of halogens is 1. The van der Waals surface area contributed by atoms with Gasteiger partial charge in [-0.25, -0.2) is 9.18 Å². The largest absolute Gasteiger partial charge is 0.342 e. The molecule has 2 fully saturated rings. The molecule has 0 aliphatic carbocycles. The summed E-state index contributed by atoms with van der Waals surface area (Å²) in [5.41, 5.74) is 0.550. The number of likely N-dealkylation sites (tertiary alicyclic amines) is 1. The van der Waals surface area contributed by atoms with E-state index >= 15 is 0 Å². The fourth-order valence-electron chi connectivity index (χ4n) is 3.28. The monoisotopic (exact) mass is 348 g/mol. The summed E-state index contributed by atoms with van der Waals surface area (Å²) in [6.45, 7) is 5.20. The number of nitrogens with one attached hydrogen (secondary N) is 3. The summed E-state index contributed by atoms with van der Waals surface area (Å²) < 4.78 is 12.9. The van der Waals surface area contributed by atoms with Crippen LogP contribution < -0.4 is 16.0 Å². The van der Waals surface area contributed by atoms with Gasteiger partial charge in [0.25, 0.3) is 0 Å². The van der Waals surface area contributed by atoms with E-state index in [4.69, 9.17) is 0 Å². The predicted octanol–water partition coefficient (Wildman–Crippen LogP) is 1.79. The summed E-state index contributed by atoms with van der Waals surface area (Å²) in [5.74, 6) is 0.396. The molecule has 0 spiro atoms. The number of hydrogen-bond donors (Lipinski definition) is 3. The molecule has 3 rings (SSSR count). The fourth-order valence-corrected chi connectivity index (χ4v) is 3.28. The molecule has 0 bridgehead atoms. The van der Waals surface area contributed by atoms with Crippen LogP contribution in [0.5, 0.6) is 0 Å². The van der Waals surface area contributed by atoms with Gasteiger partial charge in [0.2, 0.25) is 5.91 Å². The molecule has 6 nitrogen and oxygen atoms in total. The highest BCUT2D eigenvalue weighted by atomic mass is 19.1. The van der Waals surface area contributed by atoms with Crippen LogP contribution in [0.15, 0.2) is 24.3 Å². The summed E-state index contributed by atoms with van der Waals surface area (Å²) in [6.07, 6.45) is 1.50. The van der Waals surface area contributed by atoms with Crippen LogP contribution in [0.3, 0.4) is 0 Å². The number of amides is 3. The van der Waals surface area contributed by atoms with Crippen molar-refractivity contribution in [2.45, 2.75) is 25.8 Å². The molecule has 2 heterocycles. The van der Waals surface area contributed by atoms with Gasteiger partial charge in [0.15, 0.2) is 0 Å². The molecule has 1 unspecified atom stereocenters. The minimum absolute atomic E-state index is 0.0465. The number of piperidine rings is 1. The van der Waals surface area contributed by atoms with Crippen molar-refractivity contribution in [3.63, 3.8) is 0 Å². The van der Waals surface area contributed by atoms with Crippen LogP contribution in [0.2, 0.25) is 0 Å². The molecule has 0 saturated carbocycles. The van der Waals surface area contributed by atoms with Gasteiger partial charge in [-0.3, -0.25) is 4.79 Å². The minimum atomic E-state index is -0.338. The molecule has 136 valence electrons. The lowest BCUT2D eigenvalue weighted by Gasteiger charge is -2.38. The first kappa shape index (κ1) is 17.7. The van der Waals surface area contributed by atoms with Crippen LogP contribution in [0.4, 0.5) is 14.9 Å². The van der Waals surface area contributed by atoms with Gasteiger partial charge < -0.3 is 20.9 Å². The fraction of sp³-hybridized carbons (Fsp3) is 0.556. The van der Waals surface area contributed by atoms with E-state index in [0.29, 0.717) is 24.7 Å². The first-order chi connectivity index (χ1) is 12.0. The molecule has 7 heteroatoms. The van der Waals surface area contributed by atoms with Gasteiger partial charge in [0.05, 0.1) is 0 Å². The van der Waals surface area contributed by atoms with Gasteiger partial charge in [-0.05, 0) is 56.1 Å². The van der Waals surface area contributed by atoms with E-state index < -0.39 is 0 Å². The number of nitrogens with zero attached hydrogens (tertiary/aromatic N) is 1. The van der Waals surface area contributed by atoms with Crippen LogP contribution in [0.25, 0.3) is 0 Å². The zero-order valence-corrected chi connectivity index (χ0v) is 14.4. The highest BCUT2D eigenvalue weighted by molar-refractivity contribution is 5.89. The quantitative estimate of drug-likeness (QED) is 0.777. The van der Waals surface area contributed by atoms with Gasteiger partial charge in [0, 0.05) is 30.7 Å². The van der Waals surface area contributed by atoms with Crippen LogP contribution >= 0.6 is 0 Å². The number of rotatable bonds is 4. The minimum Gasteiger partial charge on any atom is -0.342 e. The van der Waals surface area contributed by atoms with Crippen molar-refractivity contribution in [3.8, 4) is 0 Å². The smallest absolute Gasteiger partial charge is 0.319 e. The third-order valence-corrected chi connectivity index (χ3v) is 5.15. The number of anilines is 1. The van der Waals surface area contributed by atoms with Gasteiger partial charge in [-0.15, -0.1) is 0 Å². The molecule has 3 amide bonds. The van der Waals surface area contributed by atoms with E-state index in [1.807, 2.05) is 11.8 Å². The van der Waals surface area contributed by atoms with E-state index in [1.54, 1.807) is 0 Å². The molecule has 1 atom stereocenters. The molecule has 1 aromatic carbocycles. The summed E-state index contributed by atoms with van der Waals surface area (Å²) in [7, 11) is 0. The first-order valence-electron chi connectivity index (χ1n) is 8.85. The Hall–Kier alpha value is -2.15. The van der Waals surface area contributed by atoms with Crippen LogP contribution in [0.1, 0.15) is 19.8 Å². The third kappa shape index (κ3) is 4.48. The second-order valence-corrected chi connectivity index (χ2v) is 6.91. The summed E-state index contributed by atoms with van der Waals surface area (Å²) in [4.78, 5) is 26.4. The molecular formula is C18H25FN4O2. The summed E-state index contributed by atoms with van der Waals surface area (Å²) >= 11 is 0. The molecule has 2 saturated heterocycles. The Morgan fingerprint density at radius 1 is 1.20 bits per heavy atom. The van der Waals surface area contributed by atoms with Crippen molar-refractivity contribution in [2.24, 2.45) is 11.8 Å². The number of carbonyl (C=O) groups is 2. The SMILES string of the molecule is CC(C(=O)N1CCC(NC(=O)Nc2ccc(F)cc2)CC1)C1CNC1. The van der Waals surface area contributed by atoms with E-state index in [1.165, 1.54) is 24.3 Å². The Bertz CT molecular complexity index is 610. The molecule has 0 aromatic heterocycles. The Labute approximate surface area is 147 Å². The molecule has 1 aromatic rings. The standard InChI is InChI=1S/C18H25FN4O2/c1-12(13-10-20-11-13)17(24)23-8-6-16(7-9-23)22-18(25)21-15-4-2-14(19)3-5-15/h2-5,12-13,16,20H,6-11H2,1H3,(H2,21,22,25). The highest BCUT2D eigenvalue weighted by Gasteiger charge is 2.33. The second-order valence-electron chi connectivity index (χ2n) is 6.91. The van der Waals surface area contributed by atoms with Crippen molar-refractivity contribution >= 4 is 17.6 Å². The summed E-state index contributed by atoms with van der Waals surface area (Å²) in [5, 5.41) is 8.82. The third-order valence-electron chi connectivity index (χ3n) is 5.15. The van der Waals surface area contributed by atoms with E-state index in [9.17, 15) is 14.0 Å². The highest BCUT2D eigenvalue weighted by Crippen LogP contribution is 2.21. The Morgan fingerprint density at radius 2 is 1.84 bits per heavy atom. The maximum atomic E-state index is 12.9. The maximum Gasteiger partial charge on any atom is 0.319 e. The second kappa shape index (κ2) is 7.82. The van der Waals surface area contributed by atoms with Crippen molar-refractivity contribution < 1.29 is 14.0 Å². The number of carbonyl (C=O) groups excluding carboxylic acids is 2. The van der Waals surface area contributed by atoms with Crippen molar-refractivity contribution in [3.05, 3.63) is 30.1 Å². The van der Waals surface area contributed by atoms with Crippen LogP contribution in [0, 0.1) is 17.7 Å². The lowest BCUT2D eigenvalue weighted by molar-refractivity contribution is -0.138. The average Bonchev–Trinajstić information content (AvgIpc) is 2.55. The summed E-state index contributed by atoms with van der Waals surface area (Å²) in [6, 6.07) is 5.40. The van der Waals surface area contributed by atoms with Gasteiger partial charge >= 0.3 is 6.03 Å². The number of urea groups is 1. The molecule has 25 heavy (non-hydrogen) atoms. The lowest BCUT2D eigenvalue weighted by atomic mass is 9.87. The van der Waals surface area contributed by atoms with E-state index in [-0.39, 0.29) is 29.7 Å². The lowest BCUT2D eigenvalue weighted by Crippen LogP contribution is -2.53. The maximum absolute atomic E-state index is 12.9. The molecule has 0 radical (unpaired) electrons. The number of benzene rings is 1. The van der Waals surface area contributed by atoms with Crippen LogP contribution in [-0.2, 0) is 4.79 Å². The Morgan fingerprint density at radius 3 is 2.40 bits per heavy atom. The van der Waals surface area contributed by atoms with Crippen molar-refractivity contribution in [1.82, 2.24) is 15.5 Å². The molecular weight excluding hydrogens is 323 g/mol. The topological polar surface area (TPSA) is 73.5 Å².